The third-order valence-electron chi connectivity index (χ3n) is 4.19. The number of primary amides is 1. The Morgan fingerprint density at radius 2 is 1.92 bits per heavy atom. The van der Waals surface area contributed by atoms with Gasteiger partial charge in [0.1, 0.15) is 12.4 Å². The number of carbonyl (C=O) groups is 1. The zero-order valence-corrected chi connectivity index (χ0v) is 15.1. The molecule has 0 aromatic heterocycles. The van der Waals surface area contributed by atoms with Crippen LogP contribution in [0.15, 0.2) is 36.4 Å². The van der Waals surface area contributed by atoms with E-state index in [2.05, 4.69) is 0 Å². The molecular formula is C19H22ClNO3. The van der Waals surface area contributed by atoms with E-state index < -0.39 is 11.5 Å². The number of aryl methyl sites for hydroxylation is 2. The second kappa shape index (κ2) is 7.24. The lowest BCUT2D eigenvalue weighted by Gasteiger charge is -2.27. The van der Waals surface area contributed by atoms with Gasteiger partial charge in [0.15, 0.2) is 5.60 Å². The Morgan fingerprint density at radius 1 is 1.21 bits per heavy atom. The highest BCUT2D eigenvalue weighted by molar-refractivity contribution is 6.30. The second-order valence-corrected chi connectivity index (χ2v) is 6.40. The Kier molecular flexibility index (Phi) is 5.52. The predicted octanol–water partition coefficient (Wildman–Crippen LogP) is 3.88. The number of benzene rings is 2. The van der Waals surface area contributed by atoms with Gasteiger partial charge in [0.25, 0.3) is 5.91 Å². The molecule has 0 radical (unpaired) electrons. The van der Waals surface area contributed by atoms with Gasteiger partial charge in [-0.1, -0.05) is 29.8 Å². The molecule has 0 fully saturated rings. The number of ether oxygens (including phenoxy) is 2. The Bertz CT molecular complexity index is 760. The molecular weight excluding hydrogens is 326 g/mol. The molecule has 0 aliphatic heterocycles. The molecule has 1 atom stereocenters. The quantitative estimate of drug-likeness (QED) is 0.862. The van der Waals surface area contributed by atoms with E-state index in [1.807, 2.05) is 32.0 Å². The molecule has 0 aliphatic carbocycles. The van der Waals surface area contributed by atoms with Crippen LogP contribution in [0.4, 0.5) is 0 Å². The van der Waals surface area contributed by atoms with Crippen molar-refractivity contribution in [3.05, 3.63) is 63.7 Å². The number of halogens is 1. The lowest BCUT2D eigenvalue weighted by molar-refractivity contribution is -0.139. The SMILES string of the molecule is COC(C)(C(N)=O)c1ccc(Cl)cc1COc1cc(C)ccc1C. The number of hydrogen-bond donors (Lipinski definition) is 1. The average Bonchev–Trinajstić information content (AvgIpc) is 2.54. The summed E-state index contributed by atoms with van der Waals surface area (Å²) < 4.78 is 11.3. The van der Waals surface area contributed by atoms with Gasteiger partial charge in [0.05, 0.1) is 0 Å². The fourth-order valence-corrected chi connectivity index (χ4v) is 2.70. The molecule has 2 N–H and O–H groups in total. The number of methoxy groups -OCH3 is 1. The molecule has 24 heavy (non-hydrogen) atoms. The van der Waals surface area contributed by atoms with Gasteiger partial charge in [0.2, 0.25) is 0 Å². The van der Waals surface area contributed by atoms with E-state index in [0.29, 0.717) is 10.6 Å². The summed E-state index contributed by atoms with van der Waals surface area (Å²) in [6.07, 6.45) is 0. The topological polar surface area (TPSA) is 61.5 Å². The summed E-state index contributed by atoms with van der Waals surface area (Å²) in [6, 6.07) is 11.2. The van der Waals surface area contributed by atoms with Crippen LogP contribution < -0.4 is 10.5 Å². The van der Waals surface area contributed by atoms with Crippen molar-refractivity contribution < 1.29 is 14.3 Å². The average molecular weight is 348 g/mol. The lowest BCUT2D eigenvalue weighted by Crippen LogP contribution is -2.41. The predicted molar refractivity (Wildman–Crippen MR) is 95.3 cm³/mol. The highest BCUT2D eigenvalue weighted by Crippen LogP contribution is 2.31. The number of nitrogens with two attached hydrogens (primary N) is 1. The van der Waals surface area contributed by atoms with Crippen molar-refractivity contribution in [2.24, 2.45) is 5.73 Å². The van der Waals surface area contributed by atoms with Crippen LogP contribution in [0.1, 0.15) is 29.2 Å². The number of carbonyl (C=O) groups excluding carboxylic acids is 1. The van der Waals surface area contributed by atoms with Crippen molar-refractivity contribution in [2.75, 3.05) is 7.11 Å². The Labute approximate surface area is 147 Å². The summed E-state index contributed by atoms with van der Waals surface area (Å²) in [7, 11) is 1.45. The molecule has 2 rings (SSSR count). The van der Waals surface area contributed by atoms with E-state index in [1.54, 1.807) is 25.1 Å². The van der Waals surface area contributed by atoms with Crippen molar-refractivity contribution in [1.82, 2.24) is 0 Å². The summed E-state index contributed by atoms with van der Waals surface area (Å²) >= 11 is 6.12. The van der Waals surface area contributed by atoms with Crippen LogP contribution in [0, 0.1) is 13.8 Å². The summed E-state index contributed by atoms with van der Waals surface area (Å²) in [5.74, 6) is 0.222. The maximum absolute atomic E-state index is 11.9. The normalized spacial score (nSPS) is 13.4. The Morgan fingerprint density at radius 3 is 2.54 bits per heavy atom. The summed E-state index contributed by atoms with van der Waals surface area (Å²) in [5, 5.41) is 0.557. The van der Waals surface area contributed by atoms with E-state index in [0.717, 1.165) is 22.4 Å². The van der Waals surface area contributed by atoms with Crippen LogP contribution in [-0.2, 0) is 21.7 Å². The molecule has 5 heteroatoms. The third kappa shape index (κ3) is 3.71. The standard InChI is InChI=1S/C19H22ClNO3/c1-12-5-6-13(2)17(9-12)24-11-14-10-15(20)7-8-16(14)19(3,23-4)18(21)22/h5-10H,11H2,1-4H3,(H2,21,22). The fraction of sp³-hybridized carbons (Fsp3) is 0.316. The van der Waals surface area contributed by atoms with E-state index in [4.69, 9.17) is 26.8 Å². The Balaban J connectivity index is 2.38. The molecule has 0 spiro atoms. The number of rotatable bonds is 6. The second-order valence-electron chi connectivity index (χ2n) is 5.96. The van der Waals surface area contributed by atoms with Crippen molar-refractivity contribution in [1.29, 1.82) is 0 Å². The van der Waals surface area contributed by atoms with E-state index in [9.17, 15) is 4.79 Å². The van der Waals surface area contributed by atoms with Gasteiger partial charge in [0, 0.05) is 12.1 Å². The summed E-state index contributed by atoms with van der Waals surface area (Å²) in [4.78, 5) is 11.9. The summed E-state index contributed by atoms with van der Waals surface area (Å²) in [5.41, 5.74) is 7.84. The van der Waals surface area contributed by atoms with Crippen molar-refractivity contribution in [2.45, 2.75) is 33.0 Å². The smallest absolute Gasteiger partial charge is 0.254 e. The van der Waals surface area contributed by atoms with Crippen molar-refractivity contribution in [3.8, 4) is 5.75 Å². The van der Waals surface area contributed by atoms with Crippen LogP contribution in [0.3, 0.4) is 0 Å². The molecule has 128 valence electrons. The highest BCUT2D eigenvalue weighted by Gasteiger charge is 2.35. The van der Waals surface area contributed by atoms with Crippen LogP contribution in [-0.4, -0.2) is 13.0 Å². The van der Waals surface area contributed by atoms with Gasteiger partial charge in [-0.3, -0.25) is 4.79 Å². The van der Waals surface area contributed by atoms with E-state index in [1.165, 1.54) is 7.11 Å². The minimum atomic E-state index is -1.25. The maximum Gasteiger partial charge on any atom is 0.254 e. The van der Waals surface area contributed by atoms with Crippen molar-refractivity contribution >= 4 is 17.5 Å². The lowest BCUT2D eigenvalue weighted by atomic mass is 9.90. The molecule has 1 amide bonds. The van der Waals surface area contributed by atoms with E-state index in [-0.39, 0.29) is 6.61 Å². The summed E-state index contributed by atoms with van der Waals surface area (Å²) in [6.45, 7) is 5.88. The first-order valence-corrected chi connectivity index (χ1v) is 7.99. The third-order valence-corrected chi connectivity index (χ3v) is 4.42. The zero-order valence-electron chi connectivity index (χ0n) is 14.4. The molecule has 4 nitrogen and oxygen atoms in total. The fourth-order valence-electron chi connectivity index (χ4n) is 2.51. The molecule has 2 aromatic carbocycles. The molecule has 1 unspecified atom stereocenters. The molecule has 0 bridgehead atoms. The van der Waals surface area contributed by atoms with Crippen LogP contribution >= 0.6 is 11.6 Å². The molecule has 0 saturated carbocycles. The first-order chi connectivity index (χ1) is 11.3. The largest absolute Gasteiger partial charge is 0.489 e. The molecule has 0 aliphatic rings. The molecule has 0 saturated heterocycles. The zero-order chi connectivity index (χ0) is 17.9. The van der Waals surface area contributed by atoms with Crippen LogP contribution in [0.5, 0.6) is 5.75 Å². The van der Waals surface area contributed by atoms with Crippen LogP contribution in [0.2, 0.25) is 5.02 Å². The number of hydrogen-bond acceptors (Lipinski definition) is 3. The van der Waals surface area contributed by atoms with Crippen molar-refractivity contribution in [3.63, 3.8) is 0 Å². The van der Waals surface area contributed by atoms with Gasteiger partial charge in [-0.25, -0.2) is 0 Å². The first kappa shape index (κ1) is 18.3. The minimum absolute atomic E-state index is 0.256. The monoisotopic (exact) mass is 347 g/mol. The van der Waals surface area contributed by atoms with Crippen LogP contribution in [0.25, 0.3) is 0 Å². The van der Waals surface area contributed by atoms with Gasteiger partial charge in [-0.05, 0) is 61.2 Å². The van der Waals surface area contributed by atoms with Gasteiger partial charge in [-0.2, -0.15) is 0 Å². The molecule has 0 heterocycles. The van der Waals surface area contributed by atoms with Gasteiger partial charge < -0.3 is 15.2 Å². The van der Waals surface area contributed by atoms with Gasteiger partial charge in [-0.15, -0.1) is 0 Å². The first-order valence-electron chi connectivity index (χ1n) is 7.62. The minimum Gasteiger partial charge on any atom is -0.489 e. The maximum atomic E-state index is 11.9. The highest BCUT2D eigenvalue weighted by atomic mass is 35.5. The van der Waals surface area contributed by atoms with Gasteiger partial charge >= 0.3 is 0 Å². The number of amides is 1. The van der Waals surface area contributed by atoms with E-state index >= 15 is 0 Å². The molecule has 2 aromatic rings. The Hall–Kier alpha value is -2.04.